The number of para-hydroxylation sites is 1. The van der Waals surface area contributed by atoms with E-state index in [1.165, 1.54) is 5.56 Å². The van der Waals surface area contributed by atoms with Gasteiger partial charge in [0.25, 0.3) is 11.5 Å². The van der Waals surface area contributed by atoms with Crippen molar-refractivity contribution in [1.82, 2.24) is 14.5 Å². The van der Waals surface area contributed by atoms with Crippen LogP contribution in [0.3, 0.4) is 0 Å². The lowest BCUT2D eigenvalue weighted by molar-refractivity contribution is -0.139. The quantitative estimate of drug-likeness (QED) is 0.595. The molecule has 5 rings (SSSR count). The van der Waals surface area contributed by atoms with E-state index in [1.807, 2.05) is 41.3 Å². The van der Waals surface area contributed by atoms with Crippen molar-refractivity contribution >= 4 is 22.5 Å². The first kappa shape index (κ1) is 21.5. The number of piperazine rings is 1. The van der Waals surface area contributed by atoms with E-state index in [0.717, 1.165) is 30.9 Å². The van der Waals surface area contributed by atoms with Gasteiger partial charge in [0.2, 0.25) is 0 Å². The number of anilines is 1. The van der Waals surface area contributed by atoms with Crippen molar-refractivity contribution in [2.24, 2.45) is 0 Å². The number of carbonyl (C=O) groups is 1. The number of aromatic nitrogens is 2. The van der Waals surface area contributed by atoms with Gasteiger partial charge < -0.3 is 19.3 Å². The molecule has 8 nitrogen and oxygen atoms in total. The van der Waals surface area contributed by atoms with E-state index in [1.54, 1.807) is 18.0 Å². The Labute approximate surface area is 192 Å². The highest BCUT2D eigenvalue weighted by atomic mass is 16.5. The molecule has 0 spiro atoms. The highest BCUT2D eigenvalue weighted by molar-refractivity contribution is 5.83. The lowest BCUT2D eigenvalue weighted by Gasteiger charge is -2.38. The largest absolute Gasteiger partial charge is 0.480 e. The minimum atomic E-state index is -0.406. The Hall–Kier alpha value is -3.39. The summed E-state index contributed by atoms with van der Waals surface area (Å²) in [4.78, 5) is 34.3. The minimum absolute atomic E-state index is 0.0620. The normalized spacial score (nSPS) is 18.2. The van der Waals surface area contributed by atoms with Crippen molar-refractivity contribution in [3.8, 4) is 5.75 Å². The number of aryl methyl sites for hydroxylation is 1. The zero-order valence-corrected chi connectivity index (χ0v) is 18.8. The molecule has 0 N–H and O–H groups in total. The van der Waals surface area contributed by atoms with Crippen molar-refractivity contribution < 1.29 is 14.3 Å². The molecule has 3 aromatic rings. The van der Waals surface area contributed by atoms with Crippen LogP contribution in [0, 0.1) is 0 Å². The molecule has 3 heterocycles. The predicted molar refractivity (Wildman–Crippen MR) is 126 cm³/mol. The number of methoxy groups -OCH3 is 1. The molecule has 1 atom stereocenters. The topological polar surface area (TPSA) is 76.9 Å². The molecular formula is C25H28N4O4. The van der Waals surface area contributed by atoms with E-state index in [0.29, 0.717) is 43.6 Å². The summed E-state index contributed by atoms with van der Waals surface area (Å²) in [5.41, 5.74) is 2.80. The van der Waals surface area contributed by atoms with E-state index in [9.17, 15) is 9.59 Å². The van der Waals surface area contributed by atoms with Crippen molar-refractivity contribution in [3.63, 3.8) is 0 Å². The molecular weight excluding hydrogens is 420 g/mol. The van der Waals surface area contributed by atoms with Gasteiger partial charge in [0.1, 0.15) is 5.75 Å². The molecule has 1 aromatic heterocycles. The number of rotatable bonds is 5. The smallest absolute Gasteiger partial charge is 0.263 e. The summed E-state index contributed by atoms with van der Waals surface area (Å²) in [6, 6.07) is 13.7. The summed E-state index contributed by atoms with van der Waals surface area (Å²) in [7, 11) is 1.61. The van der Waals surface area contributed by atoms with Crippen LogP contribution >= 0.6 is 0 Å². The molecule has 1 fully saturated rings. The van der Waals surface area contributed by atoms with Gasteiger partial charge >= 0.3 is 0 Å². The predicted octanol–water partition coefficient (Wildman–Crippen LogP) is 2.09. The third kappa shape index (κ3) is 4.30. The van der Waals surface area contributed by atoms with E-state index in [-0.39, 0.29) is 11.5 Å². The highest BCUT2D eigenvalue weighted by Crippen LogP contribution is 2.28. The maximum absolute atomic E-state index is 13.1. The first-order chi connectivity index (χ1) is 16.1. The monoisotopic (exact) mass is 448 g/mol. The number of ether oxygens (including phenoxy) is 2. The summed E-state index contributed by atoms with van der Waals surface area (Å²) in [6.45, 7) is 3.69. The van der Waals surface area contributed by atoms with Gasteiger partial charge in [-0.25, -0.2) is 4.98 Å². The molecule has 1 amide bonds. The molecule has 0 bridgehead atoms. The molecule has 2 aliphatic heterocycles. The summed E-state index contributed by atoms with van der Waals surface area (Å²) in [6.07, 6.45) is 2.75. The minimum Gasteiger partial charge on any atom is -0.480 e. The van der Waals surface area contributed by atoms with Gasteiger partial charge in [-0.3, -0.25) is 14.2 Å². The second kappa shape index (κ2) is 9.23. The van der Waals surface area contributed by atoms with Crippen molar-refractivity contribution in [3.05, 3.63) is 64.7 Å². The molecule has 0 aliphatic carbocycles. The molecule has 1 unspecified atom stereocenters. The second-order valence-electron chi connectivity index (χ2n) is 8.50. The zero-order valence-electron chi connectivity index (χ0n) is 18.8. The number of amides is 1. The maximum Gasteiger partial charge on any atom is 0.263 e. The number of hydrogen-bond donors (Lipinski definition) is 0. The van der Waals surface area contributed by atoms with Crippen LogP contribution in [-0.4, -0.2) is 66.4 Å². The van der Waals surface area contributed by atoms with Crippen LogP contribution in [-0.2, 0) is 22.5 Å². The Morgan fingerprint density at radius 2 is 1.97 bits per heavy atom. The zero-order chi connectivity index (χ0) is 22.8. The summed E-state index contributed by atoms with van der Waals surface area (Å²) in [5, 5.41) is 0.598. The Bertz CT molecular complexity index is 1220. The van der Waals surface area contributed by atoms with Crippen LogP contribution in [0.25, 0.3) is 10.9 Å². The first-order valence-corrected chi connectivity index (χ1v) is 11.4. The van der Waals surface area contributed by atoms with Crippen LogP contribution in [0.4, 0.5) is 5.69 Å². The summed E-state index contributed by atoms with van der Waals surface area (Å²) in [5.74, 6) is 0.895. The van der Waals surface area contributed by atoms with Gasteiger partial charge in [-0.2, -0.15) is 0 Å². The fourth-order valence-electron chi connectivity index (χ4n) is 4.58. The molecule has 1 saturated heterocycles. The maximum atomic E-state index is 13.1. The van der Waals surface area contributed by atoms with Gasteiger partial charge in [0.05, 0.1) is 30.4 Å². The van der Waals surface area contributed by atoms with Crippen LogP contribution in [0.5, 0.6) is 5.75 Å². The number of nitrogens with zero attached hydrogens (tertiary/aromatic N) is 4. The number of carbonyl (C=O) groups excluding carboxylic acids is 1. The van der Waals surface area contributed by atoms with Gasteiger partial charge in [-0.05, 0) is 42.7 Å². The molecule has 33 heavy (non-hydrogen) atoms. The number of hydrogen-bond acceptors (Lipinski definition) is 6. The van der Waals surface area contributed by atoms with Gasteiger partial charge in [0.15, 0.2) is 6.10 Å². The third-order valence-corrected chi connectivity index (χ3v) is 6.49. The van der Waals surface area contributed by atoms with Gasteiger partial charge in [-0.15, -0.1) is 0 Å². The van der Waals surface area contributed by atoms with Crippen LogP contribution in [0.15, 0.2) is 53.6 Å². The standard InChI is InChI=1S/C25H28N4O4/c1-32-15-14-29-17-26-21-16-19(7-8-20(21)24(29)30)27-10-12-28(13-11-27)25(31)23-9-6-18-4-2-3-5-22(18)33-23/h2-5,7-8,16-17,23H,6,9-15H2,1H3. The molecule has 0 saturated carbocycles. The molecule has 2 aliphatic rings. The lowest BCUT2D eigenvalue weighted by atomic mass is 10.0. The summed E-state index contributed by atoms with van der Waals surface area (Å²) < 4.78 is 12.6. The SMILES string of the molecule is COCCn1cnc2cc(N3CCN(C(=O)C4CCc5ccccc5O4)CC3)ccc2c1=O. The highest BCUT2D eigenvalue weighted by Gasteiger charge is 2.31. The second-order valence-corrected chi connectivity index (χ2v) is 8.50. The molecule has 8 heteroatoms. The van der Waals surface area contributed by atoms with Gasteiger partial charge in [-0.1, -0.05) is 18.2 Å². The molecule has 172 valence electrons. The van der Waals surface area contributed by atoms with Gasteiger partial charge in [0, 0.05) is 39.0 Å². The molecule has 2 aromatic carbocycles. The van der Waals surface area contributed by atoms with Crippen LogP contribution in [0.1, 0.15) is 12.0 Å². The van der Waals surface area contributed by atoms with Crippen molar-refractivity contribution in [2.45, 2.75) is 25.5 Å². The average molecular weight is 449 g/mol. The van der Waals surface area contributed by atoms with E-state index >= 15 is 0 Å². The lowest BCUT2D eigenvalue weighted by Crippen LogP contribution is -2.53. The summed E-state index contributed by atoms with van der Waals surface area (Å²) >= 11 is 0. The van der Waals surface area contributed by atoms with Crippen molar-refractivity contribution in [2.75, 3.05) is 44.8 Å². The van der Waals surface area contributed by atoms with E-state index in [4.69, 9.17) is 9.47 Å². The number of benzene rings is 2. The van der Waals surface area contributed by atoms with Crippen LogP contribution < -0.4 is 15.2 Å². The number of fused-ring (bicyclic) bond motifs is 2. The van der Waals surface area contributed by atoms with E-state index in [2.05, 4.69) is 16.0 Å². The van der Waals surface area contributed by atoms with Crippen LogP contribution in [0.2, 0.25) is 0 Å². The average Bonchev–Trinajstić information content (AvgIpc) is 2.87. The fourth-order valence-corrected chi connectivity index (χ4v) is 4.58. The Kier molecular flexibility index (Phi) is 6.00. The molecule has 0 radical (unpaired) electrons. The Morgan fingerprint density at radius 3 is 2.79 bits per heavy atom. The van der Waals surface area contributed by atoms with E-state index < -0.39 is 6.10 Å². The Morgan fingerprint density at radius 1 is 1.15 bits per heavy atom. The third-order valence-electron chi connectivity index (χ3n) is 6.49. The first-order valence-electron chi connectivity index (χ1n) is 11.4. The Balaban J connectivity index is 1.23. The fraction of sp³-hybridized carbons (Fsp3) is 0.400. The van der Waals surface area contributed by atoms with Crippen molar-refractivity contribution in [1.29, 1.82) is 0 Å².